The van der Waals surface area contributed by atoms with E-state index in [4.69, 9.17) is 5.73 Å². The van der Waals surface area contributed by atoms with Crippen molar-refractivity contribution >= 4 is 0 Å². The van der Waals surface area contributed by atoms with E-state index >= 15 is 0 Å². The molecule has 2 aromatic carbocycles. The number of hydrogen-bond acceptors (Lipinski definition) is 2. The highest BCUT2D eigenvalue weighted by molar-refractivity contribution is 5.30. The Hall–Kier alpha value is -2.01. The molecule has 0 radical (unpaired) electrons. The highest BCUT2D eigenvalue weighted by Gasteiger charge is 2.30. The summed E-state index contributed by atoms with van der Waals surface area (Å²) < 4.78 is 40.1. The van der Waals surface area contributed by atoms with Crippen LogP contribution >= 0.6 is 0 Å². The maximum atomic E-state index is 12.1. The van der Waals surface area contributed by atoms with Crippen LogP contribution in [0, 0.1) is 0 Å². The topological polar surface area (TPSA) is 35.2 Å². The SMILES string of the molecule is NCC(Cc1ccc(OC(F)(F)F)cc1)c1ccccc1. The Morgan fingerprint density at radius 1 is 0.952 bits per heavy atom. The third-order valence-electron chi connectivity index (χ3n) is 3.19. The van der Waals surface area contributed by atoms with E-state index in [0.717, 1.165) is 11.1 Å². The third-order valence-corrected chi connectivity index (χ3v) is 3.19. The summed E-state index contributed by atoms with van der Waals surface area (Å²) in [6.45, 7) is 0.477. The fourth-order valence-corrected chi connectivity index (χ4v) is 2.17. The number of nitrogens with two attached hydrogens (primary N) is 1. The fraction of sp³-hybridized carbons (Fsp3) is 0.250. The van der Waals surface area contributed by atoms with Crippen molar-refractivity contribution in [3.63, 3.8) is 0 Å². The van der Waals surface area contributed by atoms with Crippen LogP contribution in [0.5, 0.6) is 5.75 Å². The Bertz CT molecular complexity index is 552. The number of halogens is 3. The first-order valence-corrected chi connectivity index (χ1v) is 6.57. The van der Waals surface area contributed by atoms with Crippen LogP contribution in [0.25, 0.3) is 0 Å². The van der Waals surface area contributed by atoms with Crippen molar-refractivity contribution in [2.24, 2.45) is 5.73 Å². The van der Waals surface area contributed by atoms with Crippen molar-refractivity contribution in [3.8, 4) is 5.75 Å². The Morgan fingerprint density at radius 2 is 1.57 bits per heavy atom. The number of hydrogen-bond donors (Lipinski definition) is 1. The van der Waals surface area contributed by atoms with Gasteiger partial charge >= 0.3 is 6.36 Å². The minimum Gasteiger partial charge on any atom is -0.406 e. The summed E-state index contributed by atoms with van der Waals surface area (Å²) in [7, 11) is 0. The number of rotatable bonds is 5. The fourth-order valence-electron chi connectivity index (χ4n) is 2.17. The molecule has 0 saturated carbocycles. The lowest BCUT2D eigenvalue weighted by Crippen LogP contribution is -2.17. The van der Waals surface area contributed by atoms with Crippen molar-refractivity contribution in [1.29, 1.82) is 0 Å². The zero-order valence-corrected chi connectivity index (χ0v) is 11.3. The molecule has 2 N–H and O–H groups in total. The molecule has 0 amide bonds. The molecule has 2 nitrogen and oxygen atoms in total. The van der Waals surface area contributed by atoms with Crippen molar-refractivity contribution in [2.75, 3.05) is 6.54 Å². The van der Waals surface area contributed by atoms with Gasteiger partial charge < -0.3 is 10.5 Å². The summed E-state index contributed by atoms with van der Waals surface area (Å²) in [6.07, 6.45) is -3.99. The maximum absolute atomic E-state index is 12.1. The number of ether oxygens (including phenoxy) is 1. The molecule has 0 aliphatic rings. The number of benzene rings is 2. The molecule has 2 rings (SSSR count). The first-order chi connectivity index (χ1) is 9.98. The molecular formula is C16H16F3NO. The predicted octanol–water partition coefficient (Wildman–Crippen LogP) is 3.87. The molecule has 0 aromatic heterocycles. The molecule has 112 valence electrons. The van der Waals surface area contributed by atoms with Crippen LogP contribution in [0.15, 0.2) is 54.6 Å². The molecule has 0 fully saturated rings. The lowest BCUT2D eigenvalue weighted by Gasteiger charge is -2.16. The van der Waals surface area contributed by atoms with E-state index in [1.807, 2.05) is 30.3 Å². The van der Waals surface area contributed by atoms with E-state index in [0.29, 0.717) is 13.0 Å². The first-order valence-electron chi connectivity index (χ1n) is 6.57. The zero-order valence-electron chi connectivity index (χ0n) is 11.3. The molecule has 5 heteroatoms. The van der Waals surface area contributed by atoms with Gasteiger partial charge in [0.15, 0.2) is 0 Å². The van der Waals surface area contributed by atoms with Crippen LogP contribution in [0.3, 0.4) is 0 Å². The van der Waals surface area contributed by atoms with Crippen LogP contribution in [-0.4, -0.2) is 12.9 Å². The van der Waals surface area contributed by atoms with Crippen LogP contribution in [-0.2, 0) is 6.42 Å². The van der Waals surface area contributed by atoms with Gasteiger partial charge in [0.2, 0.25) is 0 Å². The average Bonchev–Trinajstić information content (AvgIpc) is 2.46. The Morgan fingerprint density at radius 3 is 2.10 bits per heavy atom. The molecule has 2 aromatic rings. The van der Waals surface area contributed by atoms with E-state index in [2.05, 4.69) is 4.74 Å². The van der Waals surface area contributed by atoms with E-state index in [1.165, 1.54) is 12.1 Å². The lowest BCUT2D eigenvalue weighted by molar-refractivity contribution is -0.274. The smallest absolute Gasteiger partial charge is 0.406 e. The predicted molar refractivity (Wildman–Crippen MR) is 75.1 cm³/mol. The highest BCUT2D eigenvalue weighted by atomic mass is 19.4. The second kappa shape index (κ2) is 6.63. The van der Waals surface area contributed by atoms with Gasteiger partial charge in [0.1, 0.15) is 5.75 Å². The quantitative estimate of drug-likeness (QED) is 0.908. The number of alkyl halides is 3. The molecular weight excluding hydrogens is 279 g/mol. The molecule has 0 heterocycles. The van der Waals surface area contributed by atoms with Crippen LogP contribution in [0.2, 0.25) is 0 Å². The van der Waals surface area contributed by atoms with Gasteiger partial charge in [-0.1, -0.05) is 42.5 Å². The second-order valence-corrected chi connectivity index (χ2v) is 4.74. The standard InChI is InChI=1S/C16H16F3NO/c17-16(18,19)21-15-8-6-12(7-9-15)10-14(11-20)13-4-2-1-3-5-13/h1-9,14H,10-11,20H2. The molecule has 0 saturated heterocycles. The largest absolute Gasteiger partial charge is 0.573 e. The summed E-state index contributed by atoms with van der Waals surface area (Å²) in [5, 5.41) is 0. The normalized spacial score (nSPS) is 13.0. The summed E-state index contributed by atoms with van der Waals surface area (Å²) in [5.74, 6) is -0.0733. The van der Waals surface area contributed by atoms with Gasteiger partial charge in [-0.25, -0.2) is 0 Å². The Balaban J connectivity index is 2.05. The van der Waals surface area contributed by atoms with Gasteiger partial charge in [0.25, 0.3) is 0 Å². The maximum Gasteiger partial charge on any atom is 0.573 e. The molecule has 0 spiro atoms. The minimum atomic E-state index is -4.66. The summed E-state index contributed by atoms with van der Waals surface area (Å²) in [6, 6.07) is 15.7. The lowest BCUT2D eigenvalue weighted by atomic mass is 9.92. The van der Waals surface area contributed by atoms with Crippen LogP contribution in [0.1, 0.15) is 17.0 Å². The second-order valence-electron chi connectivity index (χ2n) is 4.74. The molecule has 0 aliphatic carbocycles. The Labute approximate surface area is 121 Å². The van der Waals surface area contributed by atoms with E-state index < -0.39 is 6.36 Å². The summed E-state index contributed by atoms with van der Waals surface area (Å²) in [4.78, 5) is 0. The molecule has 1 atom stereocenters. The van der Waals surface area contributed by atoms with Gasteiger partial charge in [0.05, 0.1) is 0 Å². The summed E-state index contributed by atoms with van der Waals surface area (Å²) in [5.41, 5.74) is 7.83. The van der Waals surface area contributed by atoms with Gasteiger partial charge in [0, 0.05) is 5.92 Å². The van der Waals surface area contributed by atoms with E-state index in [9.17, 15) is 13.2 Å². The van der Waals surface area contributed by atoms with E-state index in [1.54, 1.807) is 12.1 Å². The van der Waals surface area contributed by atoms with E-state index in [-0.39, 0.29) is 11.7 Å². The first kappa shape index (κ1) is 15.4. The van der Waals surface area contributed by atoms with Gasteiger partial charge in [-0.2, -0.15) is 0 Å². The highest BCUT2D eigenvalue weighted by Crippen LogP contribution is 2.25. The van der Waals surface area contributed by atoms with Crippen molar-refractivity contribution in [3.05, 3.63) is 65.7 Å². The molecule has 1 unspecified atom stereocenters. The Kier molecular flexibility index (Phi) is 4.85. The van der Waals surface area contributed by atoms with Crippen molar-refractivity contribution in [1.82, 2.24) is 0 Å². The third kappa shape index (κ3) is 4.79. The molecule has 0 aliphatic heterocycles. The monoisotopic (exact) mass is 295 g/mol. The minimum absolute atomic E-state index is 0.139. The van der Waals surface area contributed by atoms with Crippen LogP contribution < -0.4 is 10.5 Å². The molecule has 0 bridgehead atoms. The van der Waals surface area contributed by atoms with Crippen LogP contribution in [0.4, 0.5) is 13.2 Å². The van der Waals surface area contributed by atoms with Crippen molar-refractivity contribution < 1.29 is 17.9 Å². The van der Waals surface area contributed by atoms with Gasteiger partial charge in [-0.3, -0.25) is 0 Å². The van der Waals surface area contributed by atoms with Gasteiger partial charge in [-0.05, 0) is 36.2 Å². The van der Waals surface area contributed by atoms with Gasteiger partial charge in [-0.15, -0.1) is 13.2 Å². The zero-order chi connectivity index (χ0) is 15.3. The summed E-state index contributed by atoms with van der Waals surface area (Å²) >= 11 is 0. The van der Waals surface area contributed by atoms with Crippen molar-refractivity contribution in [2.45, 2.75) is 18.7 Å². The molecule has 21 heavy (non-hydrogen) atoms. The average molecular weight is 295 g/mol.